The number of anilines is 3. The highest BCUT2D eigenvalue weighted by atomic mass is 16.3. The normalized spacial score (nSPS) is 11.4. The van der Waals surface area contributed by atoms with Crippen molar-refractivity contribution in [1.82, 2.24) is 0 Å². The van der Waals surface area contributed by atoms with Crippen molar-refractivity contribution in [3.63, 3.8) is 0 Å². The lowest BCUT2D eigenvalue weighted by Crippen LogP contribution is -2.54. The summed E-state index contributed by atoms with van der Waals surface area (Å²) in [5, 5.41) is 2.31. The number of hydrogen-bond donors (Lipinski definition) is 0. The molecule has 9 aromatic rings. The van der Waals surface area contributed by atoms with E-state index < -0.39 is 0 Å². The largest absolute Gasteiger partial charge is 0.456 e. The summed E-state index contributed by atoms with van der Waals surface area (Å²) < 4.78 is 6.43. The lowest BCUT2D eigenvalue weighted by molar-refractivity contribution is 0.669. The van der Waals surface area contributed by atoms with Crippen LogP contribution < -0.4 is 70.5 Å². The van der Waals surface area contributed by atoms with Crippen molar-refractivity contribution < 1.29 is 4.42 Å². The summed E-state index contributed by atoms with van der Waals surface area (Å²) in [5.74, 6) is 0. The standard InChI is InChI=1S/C48H45B12NO/c49-34-31(24-11-5-2-6-12-24)35(50)41(56)46(40(34)55)61(47-42(57)36(51)32(37(52)43(47)58)25-17-15-23(16-18-25)22-9-3-1-4-10-22)48-44(59)38(53)33(39(54)45(48)60)26-19-20-28-27-13-7-8-14-29(27)62-30(28)21-26/h1-21H,49-60H2. The van der Waals surface area contributed by atoms with Crippen LogP contribution in [0.5, 0.6) is 0 Å². The molecular weight excluding hydrogens is 736 g/mol. The number of furan rings is 1. The number of benzene rings is 8. The summed E-state index contributed by atoms with van der Waals surface area (Å²) in [7, 11) is 27.9. The second-order valence-corrected chi connectivity index (χ2v) is 17.6. The fourth-order valence-electron chi connectivity index (χ4n) is 10.5. The molecule has 284 valence electrons. The summed E-state index contributed by atoms with van der Waals surface area (Å²) in [5.41, 5.74) is 31.3. The summed E-state index contributed by atoms with van der Waals surface area (Å²) in [6.45, 7) is 0. The predicted octanol–water partition coefficient (Wildman–Crippen LogP) is -7.18. The van der Waals surface area contributed by atoms with Gasteiger partial charge in [-0.3, -0.25) is 0 Å². The first kappa shape index (κ1) is 41.5. The summed E-state index contributed by atoms with van der Waals surface area (Å²) in [4.78, 5) is 2.67. The molecule has 0 unspecified atom stereocenters. The maximum atomic E-state index is 6.43. The van der Waals surface area contributed by atoms with Crippen molar-refractivity contribution in [2.24, 2.45) is 0 Å². The predicted molar refractivity (Wildman–Crippen MR) is 308 cm³/mol. The van der Waals surface area contributed by atoms with Crippen molar-refractivity contribution in [3.05, 3.63) is 127 Å². The van der Waals surface area contributed by atoms with Crippen LogP contribution in [0.1, 0.15) is 0 Å². The van der Waals surface area contributed by atoms with Gasteiger partial charge in [-0.1, -0.05) is 175 Å². The molecule has 0 aliphatic rings. The van der Waals surface area contributed by atoms with E-state index in [0.717, 1.165) is 21.9 Å². The zero-order valence-electron chi connectivity index (χ0n) is 38.5. The maximum Gasteiger partial charge on any atom is 0.141 e. The smallest absolute Gasteiger partial charge is 0.141 e. The van der Waals surface area contributed by atoms with Crippen LogP contribution in [0.3, 0.4) is 0 Å². The zero-order valence-corrected chi connectivity index (χ0v) is 38.5. The topological polar surface area (TPSA) is 16.4 Å². The van der Waals surface area contributed by atoms with E-state index in [1.165, 1.54) is 127 Å². The van der Waals surface area contributed by atoms with Crippen molar-refractivity contribution in [1.29, 1.82) is 0 Å². The Morgan fingerprint density at radius 2 is 0.597 bits per heavy atom. The lowest BCUT2D eigenvalue weighted by Gasteiger charge is -2.39. The third-order valence-corrected chi connectivity index (χ3v) is 14.4. The molecule has 0 amide bonds. The molecule has 0 N–H and O–H groups in total. The molecule has 0 saturated heterocycles. The highest BCUT2D eigenvalue weighted by Gasteiger charge is 2.30. The maximum absolute atomic E-state index is 6.43. The second-order valence-electron chi connectivity index (χ2n) is 17.6. The molecule has 1 aromatic heterocycles. The number of rotatable bonds is 7. The van der Waals surface area contributed by atoms with E-state index in [1.54, 1.807) is 0 Å². The quantitative estimate of drug-likeness (QED) is 0.150. The average molecular weight is 782 g/mol. The summed E-state index contributed by atoms with van der Waals surface area (Å²) in [6, 6.07) is 45.8. The van der Waals surface area contributed by atoms with Crippen LogP contribution in [0.25, 0.3) is 66.4 Å². The van der Waals surface area contributed by atoms with E-state index in [0.29, 0.717) is 0 Å². The summed E-state index contributed by atoms with van der Waals surface area (Å²) in [6.07, 6.45) is 0. The molecule has 8 aromatic carbocycles. The molecule has 14 heteroatoms. The molecule has 0 atom stereocenters. The SMILES string of the molecule is Bc1c(B)c(N(c2c(B)c(B)c(-c3ccc(-c4ccccc4)cc3)c(B)c2B)c2c(B)c(B)c(-c3ccc4c(c3)oc3ccccc34)c(B)c2B)c(B)c(B)c1-c1ccccc1. The van der Waals surface area contributed by atoms with Crippen molar-refractivity contribution in [3.8, 4) is 44.5 Å². The molecule has 2 nitrogen and oxygen atoms in total. The van der Waals surface area contributed by atoms with Crippen LogP contribution >= 0.6 is 0 Å². The molecule has 0 spiro atoms. The van der Waals surface area contributed by atoms with E-state index in [-0.39, 0.29) is 0 Å². The van der Waals surface area contributed by atoms with Crippen LogP contribution in [0.15, 0.2) is 132 Å². The molecule has 0 aliphatic heterocycles. The Balaban J connectivity index is 1.30. The Morgan fingerprint density at radius 3 is 1.06 bits per heavy atom. The van der Waals surface area contributed by atoms with E-state index in [9.17, 15) is 0 Å². The zero-order chi connectivity index (χ0) is 43.7. The monoisotopic (exact) mass is 783 g/mol. The first-order chi connectivity index (χ1) is 29.8. The van der Waals surface area contributed by atoms with Gasteiger partial charge in [0, 0.05) is 27.8 Å². The molecule has 1 heterocycles. The van der Waals surface area contributed by atoms with Gasteiger partial charge < -0.3 is 9.32 Å². The molecule has 9 rings (SSSR count). The van der Waals surface area contributed by atoms with Crippen LogP contribution in [0, 0.1) is 0 Å². The molecule has 0 saturated carbocycles. The first-order valence-electron chi connectivity index (χ1n) is 22.0. The third-order valence-electron chi connectivity index (χ3n) is 14.4. The Hall–Kier alpha value is -5.86. The summed E-state index contributed by atoms with van der Waals surface area (Å²) >= 11 is 0. The van der Waals surface area contributed by atoms with E-state index in [1.807, 2.05) is 6.07 Å². The van der Waals surface area contributed by atoms with Gasteiger partial charge in [-0.25, -0.2) is 0 Å². The number of para-hydroxylation sites is 1. The Bertz CT molecular complexity index is 3170. The second kappa shape index (κ2) is 16.1. The van der Waals surface area contributed by atoms with Gasteiger partial charge in [0.1, 0.15) is 105 Å². The third kappa shape index (κ3) is 6.60. The minimum atomic E-state index is 0.922. The number of fused-ring (bicyclic) bond motifs is 3. The van der Waals surface area contributed by atoms with Gasteiger partial charge in [-0.2, -0.15) is 0 Å². The Kier molecular flexibility index (Phi) is 10.8. The average Bonchev–Trinajstić information content (AvgIpc) is 3.66. The highest BCUT2D eigenvalue weighted by Crippen LogP contribution is 2.33. The first-order valence-corrected chi connectivity index (χ1v) is 22.0. The van der Waals surface area contributed by atoms with Gasteiger partial charge >= 0.3 is 0 Å². The molecule has 0 radical (unpaired) electrons. The van der Waals surface area contributed by atoms with Gasteiger partial charge in [0.2, 0.25) is 0 Å². The van der Waals surface area contributed by atoms with Gasteiger partial charge in [0.25, 0.3) is 0 Å². The van der Waals surface area contributed by atoms with Gasteiger partial charge in [-0.15, -0.1) is 0 Å². The van der Waals surface area contributed by atoms with Crippen molar-refractivity contribution in [2.45, 2.75) is 0 Å². The van der Waals surface area contributed by atoms with E-state index in [4.69, 9.17) is 4.42 Å². The molecule has 0 bridgehead atoms. The fraction of sp³-hybridized carbons (Fsp3) is 0. The van der Waals surface area contributed by atoms with Crippen LogP contribution in [-0.2, 0) is 0 Å². The molecule has 0 aliphatic carbocycles. The lowest BCUT2D eigenvalue weighted by atomic mass is 9.61. The van der Waals surface area contributed by atoms with Gasteiger partial charge in [-0.05, 0) is 62.7 Å². The molecular formula is C48H45B12NO. The highest BCUT2D eigenvalue weighted by molar-refractivity contribution is 6.68. The minimum absolute atomic E-state index is 0.922. The van der Waals surface area contributed by atoms with Gasteiger partial charge in [0.05, 0.1) is 0 Å². The molecule has 62 heavy (non-hydrogen) atoms. The number of nitrogens with zero attached hydrogens (tertiary/aromatic N) is 1. The van der Waals surface area contributed by atoms with E-state index in [2.05, 4.69) is 220 Å². The van der Waals surface area contributed by atoms with Gasteiger partial charge in [0.15, 0.2) is 0 Å². The van der Waals surface area contributed by atoms with Crippen LogP contribution in [-0.4, -0.2) is 94.2 Å². The number of hydrogen-bond acceptors (Lipinski definition) is 2. The Labute approximate surface area is 378 Å². The van der Waals surface area contributed by atoms with Crippen LogP contribution in [0.4, 0.5) is 17.1 Å². The minimum Gasteiger partial charge on any atom is -0.456 e. The fourth-order valence-corrected chi connectivity index (χ4v) is 10.5. The Morgan fingerprint density at radius 1 is 0.274 bits per heavy atom. The van der Waals surface area contributed by atoms with Crippen molar-refractivity contribution in [2.75, 3.05) is 4.90 Å². The van der Waals surface area contributed by atoms with E-state index >= 15 is 0 Å². The van der Waals surface area contributed by atoms with Crippen molar-refractivity contribution >= 4 is 199 Å². The molecule has 0 fully saturated rings. The van der Waals surface area contributed by atoms with Crippen LogP contribution in [0.2, 0.25) is 0 Å².